The number of nitrogens with zero attached hydrogens (tertiary/aromatic N) is 6. The van der Waals surface area contributed by atoms with Crippen molar-refractivity contribution >= 4 is 68.1 Å². The first-order valence-electron chi connectivity index (χ1n) is 27.0. The molecule has 0 saturated heterocycles. The highest BCUT2D eigenvalue weighted by molar-refractivity contribution is 8.16. The summed E-state index contributed by atoms with van der Waals surface area (Å²) in [4.78, 5) is 36.5. The number of carbonyl (C=O) groups is 3. The molecule has 3 unspecified atom stereocenters. The third-order valence-electron chi connectivity index (χ3n) is 15.0. The van der Waals surface area contributed by atoms with Crippen molar-refractivity contribution in [1.82, 2.24) is 15.0 Å². The molecule has 3 atom stereocenters. The number of carbonyl (C=O) groups excluding carboxylic acids is 3. The zero-order chi connectivity index (χ0) is 57.4. The molecule has 12 rings (SSSR count). The topological polar surface area (TPSA) is 124 Å². The number of nitrogens with two attached hydrogens (primary N) is 1. The maximum absolute atomic E-state index is 14.4. The summed E-state index contributed by atoms with van der Waals surface area (Å²) in [6, 6.07) is 33.9. The Balaban J connectivity index is 0.000000136. The summed E-state index contributed by atoms with van der Waals surface area (Å²) in [7, 11) is 0. The van der Waals surface area contributed by atoms with Crippen LogP contribution in [0.3, 0.4) is 0 Å². The Kier molecular flexibility index (Phi) is 16.8. The number of rotatable bonds is 7. The quantitative estimate of drug-likeness (QED) is 0.158. The number of thioether (sulfide) groups is 3. The predicted molar refractivity (Wildman–Crippen MR) is 309 cm³/mol. The highest BCUT2D eigenvalue weighted by Crippen LogP contribution is 2.57. The van der Waals surface area contributed by atoms with Crippen LogP contribution in [0.2, 0.25) is 0 Å². The number of hydrogen-bond donors (Lipinski definition) is 1. The molecule has 6 aliphatic rings. The van der Waals surface area contributed by atoms with E-state index in [1.807, 2.05) is 88.4 Å². The molecule has 3 spiro atoms. The van der Waals surface area contributed by atoms with Crippen LogP contribution in [-0.2, 0) is 48.3 Å². The van der Waals surface area contributed by atoms with Crippen molar-refractivity contribution < 1.29 is 40.7 Å². The highest BCUT2D eigenvalue weighted by Gasteiger charge is 2.54. The van der Waals surface area contributed by atoms with E-state index in [4.69, 9.17) is 5.73 Å². The first-order valence-corrected chi connectivity index (χ1v) is 29.5. The molecule has 3 heterocycles. The monoisotopic (exact) mass is 1160 g/mol. The molecule has 10 nitrogen and oxygen atoms in total. The van der Waals surface area contributed by atoms with Crippen LogP contribution < -0.4 is 5.73 Å². The van der Waals surface area contributed by atoms with Gasteiger partial charge >= 0.3 is 0 Å². The number of benzene rings is 6. The van der Waals surface area contributed by atoms with Crippen molar-refractivity contribution in [2.75, 3.05) is 6.54 Å². The van der Waals surface area contributed by atoms with Gasteiger partial charge in [-0.15, -0.1) is 0 Å². The lowest BCUT2D eigenvalue weighted by Gasteiger charge is -2.40. The normalized spacial score (nSPS) is 21.4. The number of amides is 3. The maximum Gasteiger partial charge on any atom is 0.258 e. The van der Waals surface area contributed by atoms with Crippen molar-refractivity contribution in [1.29, 1.82) is 0 Å². The van der Waals surface area contributed by atoms with Gasteiger partial charge in [-0.25, -0.2) is 41.4 Å². The first-order chi connectivity index (χ1) is 38.9. The van der Waals surface area contributed by atoms with Crippen LogP contribution >= 0.6 is 35.3 Å². The van der Waals surface area contributed by atoms with Crippen molar-refractivity contribution in [2.45, 2.75) is 107 Å². The average Bonchev–Trinajstić information content (AvgIpc) is 4.39. The second-order valence-corrected chi connectivity index (χ2v) is 25.1. The Bertz CT molecular complexity index is 3540. The lowest BCUT2D eigenvalue weighted by Crippen LogP contribution is -2.45. The molecule has 0 aromatic heterocycles. The molecule has 81 heavy (non-hydrogen) atoms. The van der Waals surface area contributed by atoms with E-state index in [9.17, 15) is 40.7 Å². The van der Waals surface area contributed by atoms with Crippen LogP contribution in [0.1, 0.15) is 123 Å². The van der Waals surface area contributed by atoms with Gasteiger partial charge in [-0.05, 0) is 152 Å². The minimum atomic E-state index is -0.764. The Hall–Kier alpha value is -6.67. The SMILES string of the molecule is CC(C)C(=O)N1N=C(c2cc(F)ccc2F)SC12CCCc1ccccc12.CC(C)CC(=O)N1N=C(c2cc(F)ccc2F)SC12CCCc1ccccc12.NCC(=O)N1N=C(c2cc(F)ccc2F)SC12CCCc1ccccc12. The van der Waals surface area contributed by atoms with Gasteiger partial charge in [0.25, 0.3) is 5.91 Å². The Labute approximate surface area is 479 Å². The Morgan fingerprint density at radius 1 is 0.494 bits per heavy atom. The van der Waals surface area contributed by atoms with Gasteiger partial charge in [-0.1, -0.05) is 136 Å². The average molecular weight is 1160 g/mol. The van der Waals surface area contributed by atoms with E-state index in [0.717, 1.165) is 128 Å². The van der Waals surface area contributed by atoms with Crippen molar-refractivity contribution in [2.24, 2.45) is 32.9 Å². The maximum atomic E-state index is 14.4. The molecule has 2 N–H and O–H groups in total. The molecule has 0 fully saturated rings. The smallest absolute Gasteiger partial charge is 0.258 e. The van der Waals surface area contributed by atoms with Crippen LogP contribution in [0.5, 0.6) is 0 Å². The molecule has 6 aromatic rings. The molecular weight excluding hydrogens is 1100 g/mol. The van der Waals surface area contributed by atoms with Gasteiger partial charge < -0.3 is 5.73 Å². The van der Waals surface area contributed by atoms with Gasteiger partial charge in [0.15, 0.2) is 0 Å². The van der Waals surface area contributed by atoms with E-state index in [-0.39, 0.29) is 52.8 Å². The second kappa shape index (κ2) is 23.7. The Morgan fingerprint density at radius 3 is 1.17 bits per heavy atom. The van der Waals surface area contributed by atoms with E-state index in [2.05, 4.69) is 27.4 Å². The van der Waals surface area contributed by atoms with E-state index < -0.39 is 49.5 Å². The van der Waals surface area contributed by atoms with Crippen LogP contribution in [-0.4, -0.2) is 54.4 Å². The summed E-state index contributed by atoms with van der Waals surface area (Å²) in [6.45, 7) is 7.42. The summed E-state index contributed by atoms with van der Waals surface area (Å²) in [5.41, 5.74) is 12.4. The number of aryl methyl sites for hydroxylation is 3. The summed E-state index contributed by atoms with van der Waals surface area (Å²) in [5.74, 6) is -3.88. The van der Waals surface area contributed by atoms with Crippen LogP contribution in [0.15, 0.2) is 143 Å². The van der Waals surface area contributed by atoms with E-state index >= 15 is 0 Å². The number of hydrogen-bond acceptors (Lipinski definition) is 10. The van der Waals surface area contributed by atoms with Crippen molar-refractivity contribution in [3.63, 3.8) is 0 Å². The number of hydrazone groups is 3. The highest BCUT2D eigenvalue weighted by atomic mass is 32.2. The third kappa shape index (κ3) is 11.1. The van der Waals surface area contributed by atoms with Crippen LogP contribution in [0, 0.1) is 46.7 Å². The molecule has 3 amide bonds. The number of halogens is 6. The van der Waals surface area contributed by atoms with Gasteiger partial charge in [0.1, 0.15) is 64.6 Å². The Morgan fingerprint density at radius 2 is 0.827 bits per heavy atom. The van der Waals surface area contributed by atoms with Crippen molar-refractivity contribution in [3.05, 3.63) is 212 Å². The fraction of sp³-hybridized carbons (Fsp3) is 0.323. The molecule has 3 aliphatic carbocycles. The molecule has 0 saturated carbocycles. The zero-order valence-corrected chi connectivity index (χ0v) is 47.5. The molecule has 3 aliphatic heterocycles. The number of fused-ring (bicyclic) bond motifs is 6. The molecular formula is C62H59F6N7O3S3. The fourth-order valence-electron chi connectivity index (χ4n) is 11.3. The van der Waals surface area contributed by atoms with Gasteiger partial charge in [-0.2, -0.15) is 15.3 Å². The first kappa shape index (κ1) is 57.6. The molecule has 420 valence electrons. The summed E-state index contributed by atoms with van der Waals surface area (Å²) in [5, 5.41) is 18.9. The van der Waals surface area contributed by atoms with Gasteiger partial charge in [0.05, 0.1) is 6.54 Å². The van der Waals surface area contributed by atoms with Gasteiger partial charge in [-0.3, -0.25) is 14.4 Å². The molecule has 0 bridgehead atoms. The minimum Gasteiger partial charge on any atom is -0.322 e. The van der Waals surface area contributed by atoms with E-state index in [0.29, 0.717) is 28.0 Å². The lowest BCUT2D eigenvalue weighted by molar-refractivity contribution is -0.138. The van der Waals surface area contributed by atoms with E-state index in [1.54, 1.807) is 0 Å². The third-order valence-corrected chi connectivity index (χ3v) is 19.3. The largest absolute Gasteiger partial charge is 0.322 e. The molecule has 19 heteroatoms. The van der Waals surface area contributed by atoms with Gasteiger partial charge in [0.2, 0.25) is 11.8 Å². The minimum absolute atomic E-state index is 0.0600. The summed E-state index contributed by atoms with van der Waals surface area (Å²) >= 11 is 4.02. The van der Waals surface area contributed by atoms with Gasteiger partial charge in [0, 0.05) is 29.0 Å². The molecule has 6 aromatic carbocycles. The molecule has 0 radical (unpaired) electrons. The standard InChI is InChI=1S/C22H22F2N2OS.C21H20F2N2OS.C19H17F2N3OS/c1-14(2)12-20(27)26-22(11-5-7-15-6-3-4-8-18(15)22)28-21(25-26)17-13-16(23)9-10-19(17)24;1-13(2)20(26)25-21(11-5-7-14-6-3-4-8-17(14)21)27-19(24-25)16-12-15(22)9-10-18(16)23;20-13-7-8-16(21)14(10-13)18-23-24(17(25)11-22)19(26-18)9-3-5-12-4-1-2-6-15(12)19/h3-4,6,8-10,13-14H,5,7,11-12H2,1-2H3;3-4,6,8-10,12-13H,5,7,11H2,1-2H3;1-2,4,6-8,10H,3,5,9,11,22H2. The van der Waals surface area contributed by atoms with Crippen LogP contribution in [0.25, 0.3) is 0 Å². The second-order valence-electron chi connectivity index (χ2n) is 21.3. The summed E-state index contributed by atoms with van der Waals surface area (Å²) < 4.78 is 84.3. The van der Waals surface area contributed by atoms with Crippen molar-refractivity contribution in [3.8, 4) is 0 Å². The van der Waals surface area contributed by atoms with Crippen LogP contribution in [0.4, 0.5) is 26.3 Å². The fourth-order valence-corrected chi connectivity index (χ4v) is 15.8. The van der Waals surface area contributed by atoms with E-state index in [1.165, 1.54) is 61.4 Å². The lowest BCUT2D eigenvalue weighted by atomic mass is 9.86. The zero-order valence-electron chi connectivity index (χ0n) is 45.0. The predicted octanol–water partition coefficient (Wildman–Crippen LogP) is 13.8. The summed E-state index contributed by atoms with van der Waals surface area (Å²) in [6.07, 6.45) is 7.93.